The van der Waals surface area contributed by atoms with Gasteiger partial charge in [0.1, 0.15) is 0 Å². The van der Waals surface area contributed by atoms with E-state index in [2.05, 4.69) is 32.7 Å². The average molecular weight is 303 g/mol. The van der Waals surface area contributed by atoms with Crippen LogP contribution in [0.5, 0.6) is 0 Å². The van der Waals surface area contributed by atoms with Gasteiger partial charge in [0, 0.05) is 32.6 Å². The third-order valence-corrected chi connectivity index (χ3v) is 4.40. The summed E-state index contributed by atoms with van der Waals surface area (Å²) < 4.78 is 1.17. The van der Waals surface area contributed by atoms with Gasteiger partial charge in [-0.05, 0) is 39.4 Å². The van der Waals surface area contributed by atoms with E-state index in [-0.39, 0.29) is 5.91 Å². The van der Waals surface area contributed by atoms with E-state index in [1.165, 1.54) is 9.35 Å². The Labute approximate surface area is 108 Å². The minimum absolute atomic E-state index is 0.260. The first kappa shape index (κ1) is 12.1. The summed E-state index contributed by atoms with van der Waals surface area (Å²) in [5.74, 6) is 0.260. The molecule has 0 spiro atoms. The Kier molecular flexibility index (Phi) is 4.00. The topological polar surface area (TPSA) is 32.3 Å². The quantitative estimate of drug-likeness (QED) is 0.928. The van der Waals surface area contributed by atoms with Gasteiger partial charge in [0.15, 0.2) is 0 Å². The van der Waals surface area contributed by atoms with E-state index in [9.17, 15) is 4.79 Å². The summed E-state index contributed by atoms with van der Waals surface area (Å²) in [4.78, 5) is 13.1. The van der Waals surface area contributed by atoms with Gasteiger partial charge < -0.3 is 10.2 Å². The number of hydrogen-bond donors (Lipinski definition) is 1. The molecule has 2 rings (SSSR count). The summed E-state index contributed by atoms with van der Waals surface area (Å²) in [7, 11) is 1.87. The van der Waals surface area contributed by atoms with Crippen LogP contribution in [0.25, 0.3) is 0 Å². The monoisotopic (exact) mass is 302 g/mol. The van der Waals surface area contributed by atoms with Gasteiger partial charge in [-0.15, -0.1) is 11.3 Å². The molecule has 1 aliphatic heterocycles. The maximum absolute atomic E-state index is 11.3. The van der Waals surface area contributed by atoms with E-state index in [0.29, 0.717) is 12.5 Å². The number of hydrogen-bond acceptors (Lipinski definition) is 3. The smallest absolute Gasteiger partial charge is 0.222 e. The maximum Gasteiger partial charge on any atom is 0.222 e. The molecule has 1 saturated heterocycles. The molecule has 3 nitrogen and oxygen atoms in total. The van der Waals surface area contributed by atoms with Crippen LogP contribution in [0.3, 0.4) is 0 Å². The van der Waals surface area contributed by atoms with Crippen molar-refractivity contribution in [3.05, 3.63) is 20.8 Å². The van der Waals surface area contributed by atoms with Crippen molar-refractivity contribution in [2.24, 2.45) is 0 Å². The number of carbonyl (C=O) groups excluding carboxylic acids is 1. The van der Waals surface area contributed by atoms with Crippen molar-refractivity contribution < 1.29 is 4.79 Å². The largest absolute Gasteiger partial charge is 0.344 e. The van der Waals surface area contributed by atoms with Crippen molar-refractivity contribution in [2.45, 2.75) is 25.4 Å². The molecule has 1 aromatic rings. The molecule has 0 bridgehead atoms. The molecule has 1 fully saturated rings. The fraction of sp³-hybridized carbons (Fsp3) is 0.545. The maximum atomic E-state index is 11.3. The highest BCUT2D eigenvalue weighted by Crippen LogP contribution is 2.20. The highest BCUT2D eigenvalue weighted by atomic mass is 79.9. The fourth-order valence-electron chi connectivity index (χ4n) is 1.88. The van der Waals surface area contributed by atoms with Gasteiger partial charge in [-0.3, -0.25) is 4.79 Å². The molecule has 2 heterocycles. The van der Waals surface area contributed by atoms with Crippen molar-refractivity contribution in [1.29, 1.82) is 0 Å². The lowest BCUT2D eigenvalue weighted by Crippen LogP contribution is -2.46. The number of piperidine rings is 1. The molecular weight excluding hydrogens is 288 g/mol. The van der Waals surface area contributed by atoms with Crippen molar-refractivity contribution in [2.75, 3.05) is 13.6 Å². The van der Waals surface area contributed by atoms with Crippen LogP contribution < -0.4 is 5.32 Å². The number of likely N-dealkylation sites (tertiary alicyclic amines) is 1. The highest BCUT2D eigenvalue weighted by Gasteiger charge is 2.22. The molecule has 1 aromatic heterocycles. The van der Waals surface area contributed by atoms with Crippen LogP contribution in [0.15, 0.2) is 15.2 Å². The Bertz CT molecular complexity index is 380. The first-order chi connectivity index (χ1) is 7.65. The van der Waals surface area contributed by atoms with Crippen LogP contribution in [0.4, 0.5) is 0 Å². The Morgan fingerprint density at radius 1 is 1.69 bits per heavy atom. The Hall–Kier alpha value is -0.390. The SMILES string of the molecule is CN1CC(NCc2csc(Br)c2)CCC1=O. The van der Waals surface area contributed by atoms with Gasteiger partial charge in [-0.2, -0.15) is 0 Å². The van der Waals surface area contributed by atoms with Crippen molar-refractivity contribution in [3.63, 3.8) is 0 Å². The van der Waals surface area contributed by atoms with E-state index < -0.39 is 0 Å². The van der Waals surface area contributed by atoms with E-state index >= 15 is 0 Å². The highest BCUT2D eigenvalue weighted by molar-refractivity contribution is 9.11. The number of thiophene rings is 1. The molecule has 16 heavy (non-hydrogen) atoms. The van der Waals surface area contributed by atoms with Gasteiger partial charge >= 0.3 is 0 Å². The molecule has 0 aromatic carbocycles. The second-order valence-electron chi connectivity index (χ2n) is 4.15. The van der Waals surface area contributed by atoms with Crippen LogP contribution in [-0.4, -0.2) is 30.4 Å². The number of rotatable bonds is 3. The predicted molar refractivity (Wildman–Crippen MR) is 69.5 cm³/mol. The van der Waals surface area contributed by atoms with Crippen LogP contribution >= 0.6 is 27.3 Å². The molecule has 5 heteroatoms. The normalized spacial score (nSPS) is 21.5. The zero-order valence-electron chi connectivity index (χ0n) is 9.20. The van der Waals surface area contributed by atoms with E-state index in [1.807, 2.05) is 11.9 Å². The second-order valence-corrected chi connectivity index (χ2v) is 6.44. The second kappa shape index (κ2) is 5.29. The first-order valence-corrected chi connectivity index (χ1v) is 7.02. The first-order valence-electron chi connectivity index (χ1n) is 5.35. The summed E-state index contributed by atoms with van der Waals surface area (Å²) in [5, 5.41) is 5.64. The van der Waals surface area contributed by atoms with Crippen LogP contribution in [0, 0.1) is 0 Å². The summed E-state index contributed by atoms with van der Waals surface area (Å²) in [6, 6.07) is 2.57. The lowest BCUT2D eigenvalue weighted by molar-refractivity contribution is -0.132. The number of amides is 1. The number of nitrogens with one attached hydrogen (secondary N) is 1. The molecule has 0 saturated carbocycles. The lowest BCUT2D eigenvalue weighted by Gasteiger charge is -2.30. The molecule has 1 aliphatic rings. The number of carbonyl (C=O) groups is 1. The van der Waals surface area contributed by atoms with Crippen LogP contribution in [-0.2, 0) is 11.3 Å². The van der Waals surface area contributed by atoms with E-state index in [4.69, 9.17) is 0 Å². The van der Waals surface area contributed by atoms with Gasteiger partial charge in [-0.25, -0.2) is 0 Å². The average Bonchev–Trinajstić information content (AvgIpc) is 2.66. The number of halogens is 1. The Balaban J connectivity index is 1.80. The van der Waals surface area contributed by atoms with Gasteiger partial charge in [0.2, 0.25) is 5.91 Å². The minimum atomic E-state index is 0.260. The number of nitrogens with zero attached hydrogens (tertiary/aromatic N) is 1. The zero-order chi connectivity index (χ0) is 11.5. The molecule has 88 valence electrons. The standard InChI is InChI=1S/C11H15BrN2OS/c1-14-6-9(2-3-11(14)15)13-5-8-4-10(12)16-7-8/h4,7,9,13H,2-3,5-6H2,1H3. The number of likely N-dealkylation sites (N-methyl/N-ethyl adjacent to an activating group) is 1. The third kappa shape index (κ3) is 3.06. The lowest BCUT2D eigenvalue weighted by atomic mass is 10.1. The molecule has 1 amide bonds. The van der Waals surface area contributed by atoms with E-state index in [1.54, 1.807) is 11.3 Å². The van der Waals surface area contributed by atoms with Crippen LogP contribution in [0.1, 0.15) is 18.4 Å². The molecule has 0 aliphatic carbocycles. The fourth-order valence-corrected chi connectivity index (χ4v) is 3.09. The van der Waals surface area contributed by atoms with Crippen LogP contribution in [0.2, 0.25) is 0 Å². The predicted octanol–water partition coefficient (Wildman–Crippen LogP) is 2.22. The molecule has 1 atom stereocenters. The Morgan fingerprint density at radius 3 is 3.12 bits per heavy atom. The van der Waals surface area contributed by atoms with Gasteiger partial charge in [0.05, 0.1) is 3.79 Å². The zero-order valence-corrected chi connectivity index (χ0v) is 11.6. The summed E-state index contributed by atoms with van der Waals surface area (Å²) in [6.07, 6.45) is 1.62. The molecular formula is C11H15BrN2OS. The van der Waals surface area contributed by atoms with Gasteiger partial charge in [-0.1, -0.05) is 0 Å². The molecule has 1 unspecified atom stereocenters. The summed E-state index contributed by atoms with van der Waals surface area (Å²) >= 11 is 5.16. The van der Waals surface area contributed by atoms with Gasteiger partial charge in [0.25, 0.3) is 0 Å². The Morgan fingerprint density at radius 2 is 2.50 bits per heavy atom. The van der Waals surface area contributed by atoms with Crippen molar-refractivity contribution >= 4 is 33.2 Å². The third-order valence-electron chi connectivity index (χ3n) is 2.84. The van der Waals surface area contributed by atoms with Crippen molar-refractivity contribution in [1.82, 2.24) is 10.2 Å². The molecule has 1 N–H and O–H groups in total. The van der Waals surface area contributed by atoms with E-state index in [0.717, 1.165) is 19.5 Å². The summed E-state index contributed by atoms with van der Waals surface area (Å²) in [6.45, 7) is 1.71. The minimum Gasteiger partial charge on any atom is -0.344 e. The summed E-state index contributed by atoms with van der Waals surface area (Å²) in [5.41, 5.74) is 1.30. The van der Waals surface area contributed by atoms with Crippen molar-refractivity contribution in [3.8, 4) is 0 Å². The molecule has 0 radical (unpaired) electrons.